The Morgan fingerprint density at radius 1 is 1.42 bits per heavy atom. The van der Waals surface area contributed by atoms with Crippen LogP contribution in [0.4, 0.5) is 0 Å². The van der Waals surface area contributed by atoms with E-state index in [0.717, 1.165) is 5.56 Å². The molecule has 0 aromatic heterocycles. The van der Waals surface area contributed by atoms with Crippen molar-refractivity contribution >= 4 is 10.0 Å². The average molecular weight is 279 g/mol. The summed E-state index contributed by atoms with van der Waals surface area (Å²) in [7, 11) is -3.68. The van der Waals surface area contributed by atoms with Gasteiger partial charge < -0.3 is 5.32 Å². The highest BCUT2D eigenvalue weighted by Gasteiger charge is 2.38. The number of hydrogen-bond donors (Lipinski definition) is 2. The fraction of sp³-hybridized carbons (Fsp3) is 0.462. The minimum absolute atomic E-state index is 0.244. The van der Waals surface area contributed by atoms with Gasteiger partial charge >= 0.3 is 0 Å². The summed E-state index contributed by atoms with van der Waals surface area (Å²) in [5, 5.41) is 12.2. The van der Waals surface area contributed by atoms with Gasteiger partial charge in [-0.1, -0.05) is 12.1 Å². The molecule has 1 aliphatic rings. The molecule has 0 saturated carbocycles. The van der Waals surface area contributed by atoms with Gasteiger partial charge in [-0.25, -0.2) is 8.42 Å². The van der Waals surface area contributed by atoms with E-state index in [0.29, 0.717) is 25.1 Å². The second-order valence-electron chi connectivity index (χ2n) is 5.00. The molecule has 102 valence electrons. The van der Waals surface area contributed by atoms with Crippen molar-refractivity contribution in [1.82, 2.24) is 10.0 Å². The molecule has 0 spiro atoms. The molecule has 1 heterocycles. The lowest BCUT2D eigenvalue weighted by atomic mass is 10.0. The maximum atomic E-state index is 12.4. The van der Waals surface area contributed by atoms with Gasteiger partial charge in [0.2, 0.25) is 10.0 Å². The van der Waals surface area contributed by atoms with E-state index in [1.165, 1.54) is 0 Å². The molecule has 0 aliphatic carbocycles. The zero-order chi connectivity index (χ0) is 14.1. The zero-order valence-electron chi connectivity index (χ0n) is 11.0. The Bertz CT molecular complexity index is 626. The molecule has 1 aromatic rings. The Morgan fingerprint density at radius 3 is 2.74 bits per heavy atom. The molecule has 6 heteroatoms. The van der Waals surface area contributed by atoms with Crippen LogP contribution in [0.15, 0.2) is 23.1 Å². The van der Waals surface area contributed by atoms with Gasteiger partial charge in [-0.2, -0.15) is 9.98 Å². The van der Waals surface area contributed by atoms with Crippen LogP contribution in [-0.2, 0) is 10.0 Å². The van der Waals surface area contributed by atoms with Crippen LogP contribution in [0.1, 0.15) is 17.5 Å². The fourth-order valence-corrected chi connectivity index (χ4v) is 3.88. The van der Waals surface area contributed by atoms with Gasteiger partial charge in [0, 0.05) is 6.54 Å². The van der Waals surface area contributed by atoms with Crippen LogP contribution in [0.2, 0.25) is 0 Å². The smallest absolute Gasteiger partial charge is 0.242 e. The quantitative estimate of drug-likeness (QED) is 0.859. The zero-order valence-corrected chi connectivity index (χ0v) is 11.8. The highest BCUT2D eigenvalue weighted by molar-refractivity contribution is 7.89. The molecule has 19 heavy (non-hydrogen) atoms. The lowest BCUT2D eigenvalue weighted by molar-refractivity contribution is 0.505. The summed E-state index contributed by atoms with van der Waals surface area (Å²) in [4.78, 5) is 0.244. The summed E-state index contributed by atoms with van der Waals surface area (Å²) >= 11 is 0. The maximum absolute atomic E-state index is 12.4. The Morgan fingerprint density at radius 2 is 2.16 bits per heavy atom. The molecule has 1 fully saturated rings. The van der Waals surface area contributed by atoms with Gasteiger partial charge in [-0.15, -0.1) is 0 Å². The van der Waals surface area contributed by atoms with Crippen LogP contribution in [-0.4, -0.2) is 27.0 Å². The summed E-state index contributed by atoms with van der Waals surface area (Å²) in [6.45, 7) is 4.58. The minimum Gasteiger partial charge on any atom is -0.314 e. The summed E-state index contributed by atoms with van der Waals surface area (Å²) in [6, 6.07) is 7.35. The van der Waals surface area contributed by atoms with Crippen molar-refractivity contribution in [2.75, 3.05) is 13.1 Å². The van der Waals surface area contributed by atoms with Crippen LogP contribution in [0.5, 0.6) is 0 Å². The second-order valence-corrected chi connectivity index (χ2v) is 6.65. The predicted molar refractivity (Wildman–Crippen MR) is 72.1 cm³/mol. The first kappa shape index (κ1) is 14.0. The third kappa shape index (κ3) is 2.78. The molecular formula is C13H17N3O2S. The highest BCUT2D eigenvalue weighted by Crippen LogP contribution is 2.21. The predicted octanol–water partition coefficient (Wildman–Crippen LogP) is 0.837. The number of hydrogen-bond acceptors (Lipinski definition) is 4. The number of rotatable bonds is 3. The lowest BCUT2D eigenvalue weighted by Crippen LogP contribution is -2.48. The van der Waals surface area contributed by atoms with Gasteiger partial charge in [0.1, 0.15) is 5.54 Å². The van der Waals surface area contributed by atoms with Crippen LogP contribution in [0, 0.1) is 25.2 Å². The van der Waals surface area contributed by atoms with E-state index < -0.39 is 15.6 Å². The Hall–Kier alpha value is -1.42. The number of aryl methyl sites for hydroxylation is 2. The molecule has 0 amide bonds. The monoisotopic (exact) mass is 279 g/mol. The number of benzene rings is 1. The normalized spacial score (nSPS) is 23.2. The van der Waals surface area contributed by atoms with E-state index in [9.17, 15) is 13.7 Å². The molecule has 2 rings (SSSR count). The molecule has 0 bridgehead atoms. The van der Waals surface area contributed by atoms with E-state index in [1.807, 2.05) is 13.0 Å². The number of nitrogens with zero attached hydrogens (tertiary/aromatic N) is 1. The second kappa shape index (κ2) is 4.93. The minimum atomic E-state index is -3.68. The summed E-state index contributed by atoms with van der Waals surface area (Å²) in [6.07, 6.45) is 0.480. The topological polar surface area (TPSA) is 82.0 Å². The van der Waals surface area contributed by atoms with Gasteiger partial charge in [-0.3, -0.25) is 0 Å². The molecule has 1 aromatic carbocycles. The Balaban J connectivity index is 2.38. The standard InChI is InChI=1S/C13H17N3O2S/c1-10-3-4-11(2)12(7-10)19(17,18)16-13(8-14)5-6-15-9-13/h3-4,7,15-16H,5-6,9H2,1-2H3/t13-/m0/s1. The van der Waals surface area contributed by atoms with Crippen LogP contribution in [0.25, 0.3) is 0 Å². The molecule has 1 aliphatic heterocycles. The van der Waals surface area contributed by atoms with Gasteiger partial charge in [0.25, 0.3) is 0 Å². The van der Waals surface area contributed by atoms with E-state index in [1.54, 1.807) is 19.1 Å². The lowest BCUT2D eigenvalue weighted by Gasteiger charge is -2.21. The SMILES string of the molecule is Cc1ccc(C)c(S(=O)(=O)N[C@]2(C#N)CCNC2)c1. The molecule has 5 nitrogen and oxygen atoms in total. The van der Waals surface area contributed by atoms with E-state index in [4.69, 9.17) is 0 Å². The number of sulfonamides is 1. The molecule has 1 atom stereocenters. The first-order valence-corrected chi connectivity index (χ1v) is 7.60. The largest absolute Gasteiger partial charge is 0.314 e. The third-order valence-electron chi connectivity index (χ3n) is 3.33. The summed E-state index contributed by atoms with van der Waals surface area (Å²) in [5.74, 6) is 0. The van der Waals surface area contributed by atoms with Crippen molar-refractivity contribution in [2.45, 2.75) is 30.7 Å². The van der Waals surface area contributed by atoms with E-state index in [-0.39, 0.29) is 4.90 Å². The number of nitrogens with one attached hydrogen (secondary N) is 2. The summed E-state index contributed by atoms with van der Waals surface area (Å²) < 4.78 is 27.4. The molecular weight excluding hydrogens is 262 g/mol. The first-order valence-electron chi connectivity index (χ1n) is 6.12. The van der Waals surface area contributed by atoms with Crippen LogP contribution in [0.3, 0.4) is 0 Å². The molecule has 0 radical (unpaired) electrons. The van der Waals surface area contributed by atoms with Crippen molar-refractivity contribution in [3.05, 3.63) is 29.3 Å². The Kier molecular flexibility index (Phi) is 3.63. The van der Waals surface area contributed by atoms with Gasteiger partial charge in [0.15, 0.2) is 0 Å². The van der Waals surface area contributed by atoms with Crippen molar-refractivity contribution < 1.29 is 8.42 Å². The fourth-order valence-electron chi connectivity index (χ4n) is 2.21. The maximum Gasteiger partial charge on any atom is 0.242 e. The van der Waals surface area contributed by atoms with Gasteiger partial charge in [0.05, 0.1) is 11.0 Å². The molecule has 2 N–H and O–H groups in total. The van der Waals surface area contributed by atoms with Crippen molar-refractivity contribution in [3.63, 3.8) is 0 Å². The van der Waals surface area contributed by atoms with Crippen molar-refractivity contribution in [3.8, 4) is 6.07 Å². The van der Waals surface area contributed by atoms with Crippen LogP contribution >= 0.6 is 0 Å². The van der Waals surface area contributed by atoms with Crippen molar-refractivity contribution in [2.24, 2.45) is 0 Å². The average Bonchev–Trinajstić information content (AvgIpc) is 2.80. The number of nitriles is 1. The van der Waals surface area contributed by atoms with E-state index in [2.05, 4.69) is 16.1 Å². The summed E-state index contributed by atoms with van der Waals surface area (Å²) in [5.41, 5.74) is 0.522. The first-order chi connectivity index (χ1) is 8.88. The van der Waals surface area contributed by atoms with Crippen molar-refractivity contribution in [1.29, 1.82) is 5.26 Å². The molecule has 1 saturated heterocycles. The molecule has 0 unspecified atom stereocenters. The third-order valence-corrected chi connectivity index (χ3v) is 5.01. The highest BCUT2D eigenvalue weighted by atomic mass is 32.2. The van der Waals surface area contributed by atoms with E-state index >= 15 is 0 Å². The van der Waals surface area contributed by atoms with Gasteiger partial charge in [-0.05, 0) is 44.0 Å². The Labute approximate surface area is 113 Å². The van der Waals surface area contributed by atoms with Crippen LogP contribution < -0.4 is 10.0 Å².